The largest absolute Gasteiger partial charge is 0.365 e. The van der Waals surface area contributed by atoms with E-state index in [-0.39, 0.29) is 17.6 Å². The molecule has 0 radical (unpaired) electrons. The van der Waals surface area contributed by atoms with E-state index in [9.17, 15) is 4.79 Å². The van der Waals surface area contributed by atoms with Gasteiger partial charge in [-0.15, -0.1) is 10.2 Å². The molecule has 2 heterocycles. The van der Waals surface area contributed by atoms with Crippen molar-refractivity contribution in [2.75, 3.05) is 20.7 Å². The fourth-order valence-electron chi connectivity index (χ4n) is 1.68. The van der Waals surface area contributed by atoms with Crippen LogP contribution in [0, 0.1) is 0 Å². The Morgan fingerprint density at radius 3 is 3.00 bits per heavy atom. The standard InChI is InChI=1S/C10H16N6O2/c1-15(2)14-12-10-7(9(11)17)6-16(13-10)8-4-3-5-18-8/h6,8H,3-5H2,1-2H3,(H2,11,17)/t8-/m1/s1. The molecule has 1 aliphatic heterocycles. The van der Waals surface area contributed by atoms with Crippen LogP contribution in [0.5, 0.6) is 0 Å². The van der Waals surface area contributed by atoms with Crippen LogP contribution in [-0.4, -0.2) is 41.4 Å². The second-order valence-electron chi connectivity index (χ2n) is 4.21. The monoisotopic (exact) mass is 252 g/mol. The molecular weight excluding hydrogens is 236 g/mol. The lowest BCUT2D eigenvalue weighted by molar-refractivity contribution is 0.0468. The van der Waals surface area contributed by atoms with Gasteiger partial charge in [0.2, 0.25) is 5.82 Å². The van der Waals surface area contributed by atoms with Crippen LogP contribution in [0.3, 0.4) is 0 Å². The van der Waals surface area contributed by atoms with Crippen molar-refractivity contribution in [2.24, 2.45) is 16.1 Å². The van der Waals surface area contributed by atoms with Crippen molar-refractivity contribution < 1.29 is 9.53 Å². The molecule has 1 aromatic heterocycles. The Morgan fingerprint density at radius 2 is 2.44 bits per heavy atom. The average Bonchev–Trinajstić information content (AvgIpc) is 2.94. The van der Waals surface area contributed by atoms with Crippen LogP contribution in [0.25, 0.3) is 0 Å². The van der Waals surface area contributed by atoms with Crippen molar-refractivity contribution in [3.05, 3.63) is 11.8 Å². The first-order valence-electron chi connectivity index (χ1n) is 5.67. The molecule has 1 fully saturated rings. The summed E-state index contributed by atoms with van der Waals surface area (Å²) in [7, 11) is 3.45. The topological polar surface area (TPSA) is 98.1 Å². The Kier molecular flexibility index (Phi) is 3.56. The lowest BCUT2D eigenvalue weighted by atomic mass is 10.3. The molecule has 1 saturated heterocycles. The number of primary amides is 1. The molecule has 2 N–H and O–H groups in total. The maximum Gasteiger partial charge on any atom is 0.254 e. The van der Waals surface area contributed by atoms with Crippen molar-refractivity contribution >= 4 is 11.7 Å². The SMILES string of the molecule is CN(C)N=Nc1nn([C@H]2CCCO2)cc1C(N)=O. The van der Waals surface area contributed by atoms with Gasteiger partial charge in [0, 0.05) is 26.9 Å². The highest BCUT2D eigenvalue weighted by Crippen LogP contribution is 2.26. The molecule has 8 heteroatoms. The zero-order valence-corrected chi connectivity index (χ0v) is 10.4. The summed E-state index contributed by atoms with van der Waals surface area (Å²) in [6.45, 7) is 0.699. The molecular formula is C10H16N6O2. The van der Waals surface area contributed by atoms with E-state index in [0.29, 0.717) is 6.61 Å². The van der Waals surface area contributed by atoms with Gasteiger partial charge in [0.25, 0.3) is 5.91 Å². The highest BCUT2D eigenvalue weighted by molar-refractivity contribution is 5.96. The van der Waals surface area contributed by atoms with E-state index in [0.717, 1.165) is 12.8 Å². The summed E-state index contributed by atoms with van der Waals surface area (Å²) in [5.74, 6) is -0.362. The Balaban J connectivity index is 2.28. The molecule has 8 nitrogen and oxygen atoms in total. The van der Waals surface area contributed by atoms with E-state index >= 15 is 0 Å². The summed E-state index contributed by atoms with van der Waals surface area (Å²) in [5.41, 5.74) is 5.53. The molecule has 0 saturated carbocycles. The molecule has 98 valence electrons. The predicted molar refractivity (Wildman–Crippen MR) is 63.2 cm³/mol. The van der Waals surface area contributed by atoms with Crippen LogP contribution < -0.4 is 5.73 Å². The van der Waals surface area contributed by atoms with Crippen molar-refractivity contribution in [3.8, 4) is 0 Å². The van der Waals surface area contributed by atoms with Gasteiger partial charge >= 0.3 is 0 Å². The molecule has 2 rings (SSSR count). The normalized spacial score (nSPS) is 19.6. The first-order valence-corrected chi connectivity index (χ1v) is 5.67. The van der Waals surface area contributed by atoms with Gasteiger partial charge in [-0.1, -0.05) is 5.22 Å². The first kappa shape index (κ1) is 12.5. The van der Waals surface area contributed by atoms with Gasteiger partial charge in [-0.3, -0.25) is 9.80 Å². The van der Waals surface area contributed by atoms with E-state index in [1.807, 2.05) is 0 Å². The van der Waals surface area contributed by atoms with Crippen LogP contribution in [0.2, 0.25) is 0 Å². The minimum Gasteiger partial charge on any atom is -0.365 e. The van der Waals surface area contributed by atoms with Crippen LogP contribution in [0.1, 0.15) is 29.4 Å². The number of aromatic nitrogens is 2. The summed E-state index contributed by atoms with van der Waals surface area (Å²) in [4.78, 5) is 11.3. The Morgan fingerprint density at radius 1 is 1.67 bits per heavy atom. The van der Waals surface area contributed by atoms with E-state index in [4.69, 9.17) is 10.5 Å². The number of nitrogens with zero attached hydrogens (tertiary/aromatic N) is 5. The summed E-state index contributed by atoms with van der Waals surface area (Å²) in [5, 5.41) is 13.4. The van der Waals surface area contributed by atoms with Gasteiger partial charge in [-0.05, 0) is 12.8 Å². The molecule has 0 bridgehead atoms. The highest BCUT2D eigenvalue weighted by atomic mass is 16.5. The summed E-state index contributed by atoms with van der Waals surface area (Å²) >= 11 is 0. The van der Waals surface area contributed by atoms with Crippen molar-refractivity contribution in [3.63, 3.8) is 0 Å². The Bertz CT molecular complexity index is 461. The van der Waals surface area contributed by atoms with Crippen LogP contribution >= 0.6 is 0 Å². The fraction of sp³-hybridized carbons (Fsp3) is 0.600. The van der Waals surface area contributed by atoms with E-state index in [2.05, 4.69) is 15.4 Å². The molecule has 1 amide bonds. The van der Waals surface area contributed by atoms with Crippen molar-refractivity contribution in [2.45, 2.75) is 19.1 Å². The number of carbonyl (C=O) groups excluding carboxylic acids is 1. The van der Waals surface area contributed by atoms with Gasteiger partial charge in [0.05, 0.1) is 0 Å². The number of hydrogen-bond acceptors (Lipinski definition) is 5. The molecule has 0 aromatic carbocycles. The summed E-state index contributed by atoms with van der Waals surface area (Å²) in [6, 6.07) is 0. The number of amides is 1. The lowest BCUT2D eigenvalue weighted by Gasteiger charge is -2.08. The maximum absolute atomic E-state index is 11.3. The van der Waals surface area contributed by atoms with E-state index < -0.39 is 5.91 Å². The van der Waals surface area contributed by atoms with Crippen LogP contribution in [-0.2, 0) is 4.74 Å². The first-order chi connectivity index (χ1) is 8.58. The average molecular weight is 252 g/mol. The number of rotatable bonds is 4. The highest BCUT2D eigenvalue weighted by Gasteiger charge is 2.22. The quantitative estimate of drug-likeness (QED) is 0.634. The minimum atomic E-state index is -0.577. The van der Waals surface area contributed by atoms with Crippen molar-refractivity contribution in [1.82, 2.24) is 14.8 Å². The third-order valence-electron chi connectivity index (χ3n) is 2.50. The predicted octanol–water partition coefficient (Wildman–Crippen LogP) is 0.851. The number of nitrogens with two attached hydrogens (primary N) is 1. The number of ether oxygens (including phenoxy) is 1. The van der Waals surface area contributed by atoms with Crippen molar-refractivity contribution in [1.29, 1.82) is 0 Å². The summed E-state index contributed by atoms with van der Waals surface area (Å²) < 4.78 is 7.06. The van der Waals surface area contributed by atoms with E-state index in [1.54, 1.807) is 25.0 Å². The maximum atomic E-state index is 11.3. The van der Waals surface area contributed by atoms with Crippen LogP contribution in [0.15, 0.2) is 16.5 Å². The van der Waals surface area contributed by atoms with Gasteiger partial charge in [0.15, 0.2) is 0 Å². The molecule has 1 aromatic rings. The van der Waals surface area contributed by atoms with Crippen LogP contribution in [0.4, 0.5) is 5.82 Å². The fourth-order valence-corrected chi connectivity index (χ4v) is 1.68. The minimum absolute atomic E-state index is 0.147. The zero-order chi connectivity index (χ0) is 13.1. The van der Waals surface area contributed by atoms with Gasteiger partial charge in [-0.25, -0.2) is 4.68 Å². The molecule has 0 unspecified atom stereocenters. The number of carbonyl (C=O) groups is 1. The molecule has 18 heavy (non-hydrogen) atoms. The second-order valence-corrected chi connectivity index (χ2v) is 4.21. The lowest BCUT2D eigenvalue weighted by Crippen LogP contribution is -2.11. The molecule has 1 atom stereocenters. The zero-order valence-electron chi connectivity index (χ0n) is 10.4. The third-order valence-corrected chi connectivity index (χ3v) is 2.50. The number of hydrogen-bond donors (Lipinski definition) is 1. The van der Waals surface area contributed by atoms with Gasteiger partial charge in [0.1, 0.15) is 11.8 Å². The van der Waals surface area contributed by atoms with E-state index in [1.165, 1.54) is 5.01 Å². The Hall–Kier alpha value is -1.96. The molecule has 0 spiro atoms. The van der Waals surface area contributed by atoms with Gasteiger partial charge in [-0.2, -0.15) is 0 Å². The Labute approximate surface area is 104 Å². The third kappa shape index (κ3) is 2.65. The second kappa shape index (κ2) is 5.13. The smallest absolute Gasteiger partial charge is 0.254 e. The summed E-state index contributed by atoms with van der Waals surface area (Å²) in [6.07, 6.45) is 3.25. The molecule has 1 aliphatic rings. The van der Waals surface area contributed by atoms with Gasteiger partial charge < -0.3 is 10.5 Å². The molecule has 0 aliphatic carbocycles.